The standard InChI is InChI=1S/C29H41N3O2/c1-19(2)17-31-11-9-22(10-12-31)23-7-8-26-25(16-23)27(20(3)4)28(30-26)24-15-21(5)29(33)32(18-24)13-14-34-6/h7-8,15-16,18-20,22,30H,9-14,17H2,1-6H3. The molecule has 34 heavy (non-hydrogen) atoms. The number of methoxy groups -OCH3 is 1. The predicted molar refractivity (Wildman–Crippen MR) is 142 cm³/mol. The summed E-state index contributed by atoms with van der Waals surface area (Å²) in [6.45, 7) is 15.7. The average Bonchev–Trinajstić information content (AvgIpc) is 3.19. The van der Waals surface area contributed by atoms with Crippen LogP contribution in [-0.4, -0.2) is 47.8 Å². The van der Waals surface area contributed by atoms with E-state index in [-0.39, 0.29) is 5.56 Å². The molecule has 1 aliphatic heterocycles. The molecule has 1 N–H and O–H groups in total. The lowest BCUT2D eigenvalue weighted by atomic mass is 9.87. The van der Waals surface area contributed by atoms with Gasteiger partial charge in [0.15, 0.2) is 0 Å². The molecule has 5 heteroatoms. The molecule has 184 valence electrons. The zero-order valence-electron chi connectivity index (χ0n) is 21.8. The molecule has 0 radical (unpaired) electrons. The number of rotatable bonds is 8. The van der Waals surface area contributed by atoms with Gasteiger partial charge in [-0.25, -0.2) is 0 Å². The topological polar surface area (TPSA) is 50.3 Å². The Morgan fingerprint density at radius 1 is 1.12 bits per heavy atom. The van der Waals surface area contributed by atoms with Gasteiger partial charge in [-0.2, -0.15) is 0 Å². The van der Waals surface area contributed by atoms with Crippen LogP contribution in [0.2, 0.25) is 0 Å². The molecule has 2 aromatic heterocycles. The molecule has 1 fully saturated rings. The van der Waals surface area contributed by atoms with E-state index < -0.39 is 0 Å². The summed E-state index contributed by atoms with van der Waals surface area (Å²) in [6, 6.07) is 9.03. The number of hydrogen-bond donors (Lipinski definition) is 1. The van der Waals surface area contributed by atoms with Crippen LogP contribution in [0.3, 0.4) is 0 Å². The second kappa shape index (κ2) is 10.5. The number of H-pyrrole nitrogens is 1. The van der Waals surface area contributed by atoms with E-state index in [0.29, 0.717) is 25.0 Å². The summed E-state index contributed by atoms with van der Waals surface area (Å²) in [5, 5.41) is 1.32. The zero-order chi connectivity index (χ0) is 24.4. The molecule has 1 aliphatic rings. The highest BCUT2D eigenvalue weighted by Crippen LogP contribution is 2.38. The minimum atomic E-state index is 0.0501. The van der Waals surface area contributed by atoms with E-state index >= 15 is 0 Å². The lowest BCUT2D eigenvalue weighted by molar-refractivity contribution is 0.186. The second-order valence-electron chi connectivity index (χ2n) is 10.7. The quantitative estimate of drug-likeness (QED) is 0.452. The van der Waals surface area contributed by atoms with Crippen molar-refractivity contribution in [3.63, 3.8) is 0 Å². The highest BCUT2D eigenvalue weighted by Gasteiger charge is 2.23. The lowest BCUT2D eigenvalue weighted by Crippen LogP contribution is -2.35. The van der Waals surface area contributed by atoms with Crippen LogP contribution in [0.5, 0.6) is 0 Å². The Morgan fingerprint density at radius 3 is 2.50 bits per heavy atom. The molecule has 0 spiro atoms. The van der Waals surface area contributed by atoms with Gasteiger partial charge in [-0.3, -0.25) is 4.79 Å². The van der Waals surface area contributed by atoms with E-state index in [2.05, 4.69) is 55.8 Å². The van der Waals surface area contributed by atoms with Gasteiger partial charge in [0.25, 0.3) is 5.56 Å². The Bertz CT molecular complexity index is 1180. The largest absolute Gasteiger partial charge is 0.383 e. The third-order valence-electron chi connectivity index (χ3n) is 7.21. The van der Waals surface area contributed by atoms with Crippen LogP contribution >= 0.6 is 0 Å². The Balaban J connectivity index is 1.70. The van der Waals surface area contributed by atoms with Crippen molar-refractivity contribution in [2.24, 2.45) is 5.92 Å². The van der Waals surface area contributed by atoms with Gasteiger partial charge in [-0.05, 0) is 79.9 Å². The van der Waals surface area contributed by atoms with Crippen LogP contribution in [0.25, 0.3) is 22.2 Å². The van der Waals surface area contributed by atoms with Gasteiger partial charge in [0.2, 0.25) is 0 Å². The number of ether oxygens (including phenoxy) is 1. The Hall–Kier alpha value is -2.37. The summed E-state index contributed by atoms with van der Waals surface area (Å²) < 4.78 is 7.00. The van der Waals surface area contributed by atoms with Crippen LogP contribution in [0.4, 0.5) is 0 Å². The van der Waals surface area contributed by atoms with E-state index in [1.165, 1.54) is 54.5 Å². The number of hydrogen-bond acceptors (Lipinski definition) is 3. The van der Waals surface area contributed by atoms with E-state index in [1.807, 2.05) is 19.2 Å². The minimum absolute atomic E-state index is 0.0501. The maximum absolute atomic E-state index is 12.6. The molecule has 0 unspecified atom stereocenters. The summed E-state index contributed by atoms with van der Waals surface area (Å²) in [4.78, 5) is 19.0. The van der Waals surface area contributed by atoms with Crippen molar-refractivity contribution < 1.29 is 4.74 Å². The number of fused-ring (bicyclic) bond motifs is 1. The first-order valence-electron chi connectivity index (χ1n) is 12.9. The summed E-state index contributed by atoms with van der Waals surface area (Å²) >= 11 is 0. The fourth-order valence-corrected chi connectivity index (χ4v) is 5.55. The minimum Gasteiger partial charge on any atom is -0.383 e. The van der Waals surface area contributed by atoms with Gasteiger partial charge in [-0.15, -0.1) is 0 Å². The second-order valence-corrected chi connectivity index (χ2v) is 10.7. The van der Waals surface area contributed by atoms with Gasteiger partial charge in [0.1, 0.15) is 0 Å². The maximum atomic E-state index is 12.6. The predicted octanol–water partition coefficient (Wildman–Crippen LogP) is 5.91. The van der Waals surface area contributed by atoms with Crippen LogP contribution < -0.4 is 5.56 Å². The van der Waals surface area contributed by atoms with Gasteiger partial charge < -0.3 is 19.2 Å². The molecule has 0 aliphatic carbocycles. The normalized spacial score (nSPS) is 15.8. The number of likely N-dealkylation sites (tertiary alicyclic amines) is 1. The van der Waals surface area contributed by atoms with E-state index in [4.69, 9.17) is 4.74 Å². The molecule has 0 amide bonds. The molecule has 1 saturated heterocycles. The number of aromatic nitrogens is 2. The van der Waals surface area contributed by atoms with E-state index in [9.17, 15) is 4.79 Å². The fraction of sp³-hybridized carbons (Fsp3) is 0.552. The maximum Gasteiger partial charge on any atom is 0.253 e. The van der Waals surface area contributed by atoms with Gasteiger partial charge in [0, 0.05) is 48.4 Å². The van der Waals surface area contributed by atoms with Crippen LogP contribution in [0.1, 0.15) is 69.1 Å². The molecule has 0 bridgehead atoms. The average molecular weight is 464 g/mol. The van der Waals surface area contributed by atoms with Crippen molar-refractivity contribution in [3.8, 4) is 11.3 Å². The van der Waals surface area contributed by atoms with Crippen molar-refractivity contribution in [1.29, 1.82) is 0 Å². The molecule has 3 aromatic rings. The first-order valence-corrected chi connectivity index (χ1v) is 12.9. The molecule has 0 atom stereocenters. The Labute approximate surface area is 204 Å². The molecule has 4 rings (SSSR count). The number of benzene rings is 1. The number of piperidine rings is 1. The van der Waals surface area contributed by atoms with Crippen molar-refractivity contribution in [2.45, 2.75) is 65.8 Å². The van der Waals surface area contributed by atoms with Crippen LogP contribution in [0, 0.1) is 12.8 Å². The molecule has 1 aromatic carbocycles. The summed E-state index contributed by atoms with van der Waals surface area (Å²) in [7, 11) is 1.67. The number of aryl methyl sites for hydroxylation is 1. The molecule has 0 saturated carbocycles. The molecule has 5 nitrogen and oxygen atoms in total. The monoisotopic (exact) mass is 463 g/mol. The van der Waals surface area contributed by atoms with Crippen LogP contribution in [0.15, 0.2) is 35.3 Å². The lowest BCUT2D eigenvalue weighted by Gasteiger charge is -2.33. The number of nitrogens with one attached hydrogen (secondary N) is 1. The Kier molecular flexibility index (Phi) is 7.63. The number of nitrogens with zero attached hydrogens (tertiary/aromatic N) is 2. The summed E-state index contributed by atoms with van der Waals surface area (Å²) in [5.74, 6) is 1.73. The summed E-state index contributed by atoms with van der Waals surface area (Å²) in [5.41, 5.74) is 6.98. The first-order chi connectivity index (χ1) is 16.3. The fourth-order valence-electron chi connectivity index (χ4n) is 5.55. The zero-order valence-corrected chi connectivity index (χ0v) is 21.8. The van der Waals surface area contributed by atoms with Gasteiger partial charge in [-0.1, -0.05) is 33.8 Å². The highest BCUT2D eigenvalue weighted by molar-refractivity contribution is 5.92. The smallest absolute Gasteiger partial charge is 0.253 e. The van der Waals surface area contributed by atoms with Crippen molar-refractivity contribution >= 4 is 10.9 Å². The van der Waals surface area contributed by atoms with E-state index in [0.717, 1.165) is 22.7 Å². The molecule has 3 heterocycles. The number of aromatic amines is 1. The van der Waals surface area contributed by atoms with Gasteiger partial charge >= 0.3 is 0 Å². The first kappa shape index (κ1) is 24.7. The van der Waals surface area contributed by atoms with E-state index in [1.54, 1.807) is 11.7 Å². The van der Waals surface area contributed by atoms with Crippen molar-refractivity contribution in [3.05, 3.63) is 57.5 Å². The van der Waals surface area contributed by atoms with Crippen molar-refractivity contribution in [1.82, 2.24) is 14.5 Å². The van der Waals surface area contributed by atoms with Crippen molar-refractivity contribution in [2.75, 3.05) is 33.4 Å². The van der Waals surface area contributed by atoms with Crippen LogP contribution in [-0.2, 0) is 11.3 Å². The molecular formula is C29H41N3O2. The highest BCUT2D eigenvalue weighted by atomic mass is 16.5. The van der Waals surface area contributed by atoms with Gasteiger partial charge in [0.05, 0.1) is 12.3 Å². The third kappa shape index (κ3) is 5.16. The third-order valence-corrected chi connectivity index (χ3v) is 7.21. The Morgan fingerprint density at radius 2 is 1.85 bits per heavy atom. The number of pyridine rings is 1. The molecular weight excluding hydrogens is 422 g/mol. The summed E-state index contributed by atoms with van der Waals surface area (Å²) in [6.07, 6.45) is 4.45. The SMILES string of the molecule is COCCn1cc(-c2[nH]c3ccc(C4CCN(CC(C)C)CC4)cc3c2C(C)C)cc(C)c1=O.